The van der Waals surface area contributed by atoms with Crippen LogP contribution in [0.2, 0.25) is 0 Å². The van der Waals surface area contributed by atoms with E-state index in [1.54, 1.807) is 6.07 Å². The van der Waals surface area contributed by atoms with Crippen molar-refractivity contribution in [1.82, 2.24) is 9.80 Å². The molecule has 0 aromatic heterocycles. The van der Waals surface area contributed by atoms with Crippen molar-refractivity contribution >= 4 is 5.97 Å². The number of fused-ring (bicyclic) bond motifs is 2. The Hall–Kier alpha value is -3.49. The first kappa shape index (κ1) is 30.0. The minimum atomic E-state index is -0.878. The van der Waals surface area contributed by atoms with E-state index in [0.717, 1.165) is 36.0 Å². The molecule has 0 aliphatic carbocycles. The number of carbonyl (C=O) groups excluding carboxylic acids is 1. The van der Waals surface area contributed by atoms with E-state index < -0.39 is 17.7 Å². The van der Waals surface area contributed by atoms with Crippen molar-refractivity contribution in [3.05, 3.63) is 94.0 Å². The standard InChI is InChI=1S/C34H40F2N2O4/c1-6-31(23-9-12-28(35)29(36)14-23)41-27-10-7-22(8-11-27)33-20-37(4)18-26-13-24-15-30(34(39)40-5)38(17-21(2)3)19-25(24)16-32(26)42-33/h7-14,16,21,30-31,33H,6,15,17-20H2,1-5H3/t30-,31+,33+/m0/s1. The van der Waals surface area contributed by atoms with Crippen molar-refractivity contribution in [3.63, 3.8) is 0 Å². The van der Waals surface area contributed by atoms with Crippen LogP contribution in [0.15, 0.2) is 54.6 Å². The molecule has 224 valence electrons. The van der Waals surface area contributed by atoms with E-state index in [9.17, 15) is 13.6 Å². The number of halogens is 2. The highest BCUT2D eigenvalue weighted by atomic mass is 19.2. The third-order valence-corrected chi connectivity index (χ3v) is 8.09. The Balaban J connectivity index is 1.35. The first-order valence-corrected chi connectivity index (χ1v) is 14.7. The molecule has 0 spiro atoms. The Morgan fingerprint density at radius 3 is 2.43 bits per heavy atom. The van der Waals surface area contributed by atoms with Gasteiger partial charge in [-0.25, -0.2) is 8.78 Å². The summed E-state index contributed by atoms with van der Waals surface area (Å²) in [5.41, 5.74) is 5.08. The molecule has 3 atom stereocenters. The monoisotopic (exact) mass is 578 g/mol. The van der Waals surface area contributed by atoms with Gasteiger partial charge < -0.3 is 14.2 Å². The van der Waals surface area contributed by atoms with Gasteiger partial charge in [0.2, 0.25) is 0 Å². The quantitative estimate of drug-likeness (QED) is 0.280. The second-order valence-electron chi connectivity index (χ2n) is 11.9. The van der Waals surface area contributed by atoms with E-state index in [1.807, 2.05) is 31.2 Å². The van der Waals surface area contributed by atoms with E-state index in [2.05, 4.69) is 42.8 Å². The first-order valence-electron chi connectivity index (χ1n) is 14.7. The van der Waals surface area contributed by atoms with Gasteiger partial charge in [0.15, 0.2) is 11.6 Å². The second-order valence-corrected chi connectivity index (χ2v) is 11.9. The molecule has 0 saturated heterocycles. The van der Waals surface area contributed by atoms with Gasteiger partial charge in [-0.05, 0) is 78.4 Å². The van der Waals surface area contributed by atoms with Gasteiger partial charge in [0, 0.05) is 31.7 Å². The maximum Gasteiger partial charge on any atom is 0.323 e. The Morgan fingerprint density at radius 1 is 1.00 bits per heavy atom. The number of esters is 1. The smallest absolute Gasteiger partial charge is 0.323 e. The van der Waals surface area contributed by atoms with Crippen LogP contribution in [0.4, 0.5) is 8.78 Å². The van der Waals surface area contributed by atoms with Gasteiger partial charge in [0.1, 0.15) is 29.7 Å². The highest BCUT2D eigenvalue weighted by Gasteiger charge is 2.34. The number of methoxy groups -OCH3 is 1. The molecule has 42 heavy (non-hydrogen) atoms. The van der Waals surface area contributed by atoms with E-state index >= 15 is 0 Å². The molecule has 0 N–H and O–H groups in total. The molecule has 0 radical (unpaired) electrons. The van der Waals surface area contributed by atoms with Crippen LogP contribution >= 0.6 is 0 Å². The van der Waals surface area contributed by atoms with Crippen LogP contribution in [-0.4, -0.2) is 49.1 Å². The molecule has 3 aromatic carbocycles. The molecule has 0 unspecified atom stereocenters. The number of carbonyl (C=O) groups is 1. The summed E-state index contributed by atoms with van der Waals surface area (Å²) in [7, 11) is 3.54. The maximum atomic E-state index is 13.8. The van der Waals surface area contributed by atoms with Gasteiger partial charge in [-0.2, -0.15) is 0 Å². The number of rotatable bonds is 8. The number of benzene rings is 3. The Morgan fingerprint density at radius 2 is 1.76 bits per heavy atom. The third-order valence-electron chi connectivity index (χ3n) is 8.09. The van der Waals surface area contributed by atoms with Crippen molar-refractivity contribution in [1.29, 1.82) is 0 Å². The van der Waals surface area contributed by atoms with E-state index in [0.29, 0.717) is 43.2 Å². The van der Waals surface area contributed by atoms with Gasteiger partial charge in [0.05, 0.1) is 7.11 Å². The molecule has 0 fully saturated rings. The number of ether oxygens (including phenoxy) is 3. The molecule has 2 aliphatic rings. The summed E-state index contributed by atoms with van der Waals surface area (Å²) in [5, 5.41) is 0. The lowest BCUT2D eigenvalue weighted by atomic mass is 9.91. The largest absolute Gasteiger partial charge is 0.486 e. The zero-order valence-corrected chi connectivity index (χ0v) is 25.0. The highest BCUT2D eigenvalue weighted by molar-refractivity contribution is 5.76. The topological polar surface area (TPSA) is 51.2 Å². The molecule has 8 heteroatoms. The van der Waals surface area contributed by atoms with Gasteiger partial charge in [0.25, 0.3) is 0 Å². The number of nitrogens with zero attached hydrogens (tertiary/aromatic N) is 2. The summed E-state index contributed by atoms with van der Waals surface area (Å²) in [4.78, 5) is 17.1. The van der Waals surface area contributed by atoms with Gasteiger partial charge in [-0.1, -0.05) is 45.0 Å². The van der Waals surface area contributed by atoms with Crippen LogP contribution < -0.4 is 9.47 Å². The zero-order chi connectivity index (χ0) is 30.0. The van der Waals surface area contributed by atoms with Gasteiger partial charge in [-0.3, -0.25) is 14.6 Å². The van der Waals surface area contributed by atoms with Crippen molar-refractivity contribution in [2.75, 3.05) is 27.2 Å². The molecule has 0 bridgehead atoms. The summed E-state index contributed by atoms with van der Waals surface area (Å²) >= 11 is 0. The number of likely N-dealkylation sites (N-methyl/N-ethyl adjacent to an activating group) is 1. The summed E-state index contributed by atoms with van der Waals surface area (Å²) in [6.07, 6.45) is 0.660. The van der Waals surface area contributed by atoms with Gasteiger partial charge in [-0.15, -0.1) is 0 Å². The average Bonchev–Trinajstić information content (AvgIpc) is 3.13. The fourth-order valence-corrected chi connectivity index (χ4v) is 6.01. The third kappa shape index (κ3) is 6.60. The predicted octanol–water partition coefficient (Wildman–Crippen LogP) is 6.62. The van der Waals surface area contributed by atoms with Crippen molar-refractivity contribution in [2.24, 2.45) is 5.92 Å². The lowest BCUT2D eigenvalue weighted by Crippen LogP contribution is -2.47. The molecule has 2 heterocycles. The SMILES string of the molecule is CC[C@@H](Oc1ccc([C@H]2CN(C)Cc3cc4c(cc3O2)CN(CC(C)C)[C@H](C(=O)OC)C4)cc1)c1ccc(F)c(F)c1. The molecule has 0 amide bonds. The molecular weight excluding hydrogens is 538 g/mol. The minimum Gasteiger partial charge on any atom is -0.486 e. The summed E-state index contributed by atoms with van der Waals surface area (Å²) in [6.45, 7) is 9.20. The average molecular weight is 579 g/mol. The molecule has 0 saturated carbocycles. The van der Waals surface area contributed by atoms with Gasteiger partial charge >= 0.3 is 5.97 Å². The Bertz CT molecular complexity index is 1410. The lowest BCUT2D eigenvalue weighted by molar-refractivity contribution is -0.147. The number of hydrogen-bond acceptors (Lipinski definition) is 6. The van der Waals surface area contributed by atoms with Crippen LogP contribution in [0.5, 0.6) is 11.5 Å². The fourth-order valence-electron chi connectivity index (χ4n) is 6.01. The summed E-state index contributed by atoms with van der Waals surface area (Å²) in [5.74, 6) is 0.00657. The molecule has 2 aliphatic heterocycles. The van der Waals surface area contributed by atoms with Crippen LogP contribution in [-0.2, 0) is 29.0 Å². The second kappa shape index (κ2) is 12.8. The normalized spacial score (nSPS) is 19.8. The van der Waals surface area contributed by atoms with Crippen molar-refractivity contribution in [2.45, 2.75) is 65.0 Å². The minimum absolute atomic E-state index is 0.185. The Labute approximate surface area is 247 Å². The Kier molecular flexibility index (Phi) is 9.13. The fraction of sp³-hybridized carbons (Fsp3) is 0.441. The van der Waals surface area contributed by atoms with E-state index in [-0.39, 0.29) is 18.1 Å². The van der Waals surface area contributed by atoms with Crippen LogP contribution in [0.25, 0.3) is 0 Å². The molecule has 6 nitrogen and oxygen atoms in total. The predicted molar refractivity (Wildman–Crippen MR) is 157 cm³/mol. The van der Waals surface area contributed by atoms with Crippen LogP contribution in [0, 0.1) is 17.6 Å². The highest BCUT2D eigenvalue weighted by Crippen LogP contribution is 2.37. The molecular formula is C34H40F2N2O4. The van der Waals surface area contributed by atoms with E-state index in [1.165, 1.54) is 24.3 Å². The first-order chi connectivity index (χ1) is 20.1. The van der Waals surface area contributed by atoms with Crippen LogP contribution in [0.3, 0.4) is 0 Å². The van der Waals surface area contributed by atoms with Crippen molar-refractivity contribution < 1.29 is 27.8 Å². The van der Waals surface area contributed by atoms with Crippen LogP contribution in [0.1, 0.15) is 67.2 Å². The molecule has 5 rings (SSSR count). The summed E-state index contributed by atoms with van der Waals surface area (Å²) in [6, 6.07) is 15.8. The number of hydrogen-bond donors (Lipinski definition) is 0. The van der Waals surface area contributed by atoms with E-state index in [4.69, 9.17) is 14.2 Å². The lowest BCUT2D eigenvalue weighted by Gasteiger charge is -2.36. The molecule has 3 aromatic rings. The van der Waals surface area contributed by atoms with Crippen molar-refractivity contribution in [3.8, 4) is 11.5 Å². The summed E-state index contributed by atoms with van der Waals surface area (Å²) < 4.78 is 45.2. The maximum absolute atomic E-state index is 13.8. The zero-order valence-electron chi connectivity index (χ0n) is 25.0.